The van der Waals surface area contributed by atoms with Crippen molar-refractivity contribution in [3.8, 4) is 0 Å². The number of hydrogen-bond acceptors (Lipinski definition) is 5. The van der Waals surface area contributed by atoms with E-state index in [1.807, 2.05) is 0 Å². The Labute approximate surface area is 173 Å². The Morgan fingerprint density at radius 1 is 1.34 bits per heavy atom. The van der Waals surface area contributed by atoms with Gasteiger partial charge in [-0.05, 0) is 30.9 Å². The van der Waals surface area contributed by atoms with E-state index >= 15 is 0 Å². The molecule has 1 fully saturated rings. The number of halogens is 1. The molecule has 4 N–H and O–H groups in total. The Balaban J connectivity index is 1.96. The van der Waals surface area contributed by atoms with E-state index in [0.717, 1.165) is 30.0 Å². The first-order valence-electron chi connectivity index (χ1n) is 9.12. The van der Waals surface area contributed by atoms with Crippen molar-refractivity contribution in [3.05, 3.63) is 30.6 Å². The molecule has 9 nitrogen and oxygen atoms in total. The number of guanidine groups is 1. The quantitative estimate of drug-likeness (QED) is 0.444. The number of carboxylic acid groups (broad SMARTS) is 1. The summed E-state index contributed by atoms with van der Waals surface area (Å²) in [6, 6.07) is 4.53. The van der Waals surface area contributed by atoms with Crippen LogP contribution in [0.15, 0.2) is 40.0 Å². The molecule has 1 aliphatic rings. The highest BCUT2D eigenvalue weighted by molar-refractivity contribution is 7.89. The number of aliphatic carboxylic acids is 1. The van der Waals surface area contributed by atoms with Gasteiger partial charge in [0, 0.05) is 35.3 Å². The van der Waals surface area contributed by atoms with E-state index in [1.165, 1.54) is 24.5 Å². The summed E-state index contributed by atoms with van der Waals surface area (Å²) in [6.45, 7) is -0.366. The van der Waals surface area contributed by atoms with Gasteiger partial charge in [-0.1, -0.05) is 18.9 Å². The van der Waals surface area contributed by atoms with Crippen LogP contribution in [0.5, 0.6) is 0 Å². The van der Waals surface area contributed by atoms with Gasteiger partial charge >= 0.3 is 5.97 Å². The fourth-order valence-corrected chi connectivity index (χ4v) is 5.15. The molecule has 0 amide bonds. The average molecular weight is 440 g/mol. The molecule has 1 aromatic heterocycles. The second-order valence-electron chi connectivity index (χ2n) is 7.01. The van der Waals surface area contributed by atoms with E-state index < -0.39 is 22.5 Å². The van der Waals surface area contributed by atoms with E-state index in [4.69, 9.17) is 17.5 Å². The van der Waals surface area contributed by atoms with Gasteiger partial charge in [-0.3, -0.25) is 9.78 Å². The smallest absolute Gasteiger partial charge is 0.318 e. The fraction of sp³-hybridized carbons (Fsp3) is 0.389. The zero-order chi connectivity index (χ0) is 21.0. The zero-order valence-corrected chi connectivity index (χ0v) is 17.2. The third-order valence-electron chi connectivity index (χ3n) is 4.97. The number of aromatic nitrogens is 1. The summed E-state index contributed by atoms with van der Waals surface area (Å²) < 4.78 is 30.7. The topological polar surface area (TPSA) is 138 Å². The number of carbonyl (C=O) groups is 1. The number of benzene rings is 1. The summed E-state index contributed by atoms with van der Waals surface area (Å²) in [7, 11) is -3.98. The Morgan fingerprint density at radius 3 is 2.72 bits per heavy atom. The van der Waals surface area contributed by atoms with Crippen LogP contribution in [0.3, 0.4) is 0 Å². The number of rotatable bonds is 7. The highest BCUT2D eigenvalue weighted by Crippen LogP contribution is 2.30. The summed E-state index contributed by atoms with van der Waals surface area (Å²) in [5, 5.41) is 13.2. The molecule has 0 bridgehead atoms. The first-order valence-corrected chi connectivity index (χ1v) is 10.9. The minimum atomic E-state index is -3.98. The summed E-state index contributed by atoms with van der Waals surface area (Å²) in [6.07, 6.45) is 6.93. The van der Waals surface area contributed by atoms with Gasteiger partial charge in [0.2, 0.25) is 16.0 Å². The third kappa shape index (κ3) is 4.95. The molecule has 0 spiro atoms. The van der Waals surface area contributed by atoms with Crippen LogP contribution in [0, 0.1) is 5.92 Å². The minimum Gasteiger partial charge on any atom is -0.480 e. The molecule has 1 aromatic carbocycles. The highest BCUT2D eigenvalue weighted by atomic mass is 35.5. The molecular formula is C18H22ClN5O4S. The van der Waals surface area contributed by atoms with E-state index in [2.05, 4.69) is 14.8 Å². The molecule has 3 rings (SSSR count). The molecule has 1 aliphatic carbocycles. The van der Waals surface area contributed by atoms with Crippen molar-refractivity contribution >= 4 is 50.2 Å². The predicted molar refractivity (Wildman–Crippen MR) is 111 cm³/mol. The Bertz CT molecular complexity index is 1040. The maximum absolute atomic E-state index is 13.2. The van der Waals surface area contributed by atoms with Gasteiger partial charge in [-0.2, -0.15) is 4.31 Å². The molecule has 0 radical (unpaired) electrons. The van der Waals surface area contributed by atoms with Crippen molar-refractivity contribution in [2.24, 2.45) is 16.2 Å². The lowest BCUT2D eigenvalue weighted by atomic mass is 10.1. The predicted octanol–water partition coefficient (Wildman–Crippen LogP) is 2.38. The fourth-order valence-electron chi connectivity index (χ4n) is 3.60. The number of hydrogen-bond donors (Lipinski definition) is 3. The van der Waals surface area contributed by atoms with Crippen molar-refractivity contribution < 1.29 is 18.3 Å². The van der Waals surface area contributed by atoms with Crippen LogP contribution < -0.4 is 11.1 Å². The van der Waals surface area contributed by atoms with Crippen LogP contribution in [0.4, 0.5) is 5.69 Å². The van der Waals surface area contributed by atoms with Gasteiger partial charge in [0.1, 0.15) is 6.54 Å². The summed E-state index contributed by atoms with van der Waals surface area (Å²) in [5.41, 5.74) is 6.10. The number of fused-ring (bicyclic) bond motifs is 1. The second kappa shape index (κ2) is 8.93. The average Bonchev–Trinajstić information content (AvgIpc) is 3.20. The number of anilines is 1. The van der Waals surface area contributed by atoms with Crippen LogP contribution >= 0.6 is 11.8 Å². The second-order valence-corrected chi connectivity index (χ2v) is 9.11. The summed E-state index contributed by atoms with van der Waals surface area (Å²) in [5.74, 6) is -1.03. The van der Waals surface area contributed by atoms with Crippen molar-refractivity contribution in [2.75, 3.05) is 18.4 Å². The van der Waals surface area contributed by atoms with Crippen molar-refractivity contribution in [1.29, 1.82) is 0 Å². The van der Waals surface area contributed by atoms with E-state index in [9.17, 15) is 18.3 Å². The lowest BCUT2D eigenvalue weighted by Crippen LogP contribution is -2.38. The first-order chi connectivity index (χ1) is 13.8. The highest BCUT2D eigenvalue weighted by Gasteiger charge is 2.30. The molecule has 1 heterocycles. The van der Waals surface area contributed by atoms with Crippen molar-refractivity contribution in [1.82, 2.24) is 9.29 Å². The Hall–Kier alpha value is -2.43. The van der Waals surface area contributed by atoms with Gasteiger partial charge in [0.25, 0.3) is 0 Å². The van der Waals surface area contributed by atoms with E-state index in [1.54, 1.807) is 6.07 Å². The third-order valence-corrected chi connectivity index (χ3v) is 6.96. The van der Waals surface area contributed by atoms with Crippen molar-refractivity contribution in [3.63, 3.8) is 0 Å². The maximum atomic E-state index is 13.2. The molecule has 29 heavy (non-hydrogen) atoms. The van der Waals surface area contributed by atoms with Gasteiger partial charge in [0.05, 0.1) is 16.8 Å². The Morgan fingerprint density at radius 2 is 2.07 bits per heavy atom. The number of sulfonamides is 1. The lowest BCUT2D eigenvalue weighted by Gasteiger charge is -2.23. The number of nitrogens with zero attached hydrogens (tertiary/aromatic N) is 3. The van der Waals surface area contributed by atoms with E-state index in [0.29, 0.717) is 16.5 Å². The SMILES string of the molecule is NC(=NCl)Nc1cncc2cc(S(=O)(=O)N(CC(=O)O)CC3CCCC3)ccc12. The maximum Gasteiger partial charge on any atom is 0.318 e. The molecule has 0 atom stereocenters. The van der Waals surface area contributed by atoms with Gasteiger partial charge in [0.15, 0.2) is 0 Å². The van der Waals surface area contributed by atoms with Crippen LogP contribution in [0.1, 0.15) is 25.7 Å². The summed E-state index contributed by atoms with van der Waals surface area (Å²) in [4.78, 5) is 15.4. The van der Waals surface area contributed by atoms with Crippen molar-refractivity contribution in [2.45, 2.75) is 30.6 Å². The summed E-state index contributed by atoms with van der Waals surface area (Å²) >= 11 is 5.33. The van der Waals surface area contributed by atoms with Gasteiger partial charge < -0.3 is 16.2 Å². The number of carboxylic acids is 1. The molecule has 11 heteroatoms. The normalized spacial score (nSPS) is 15.9. The van der Waals surface area contributed by atoms with Gasteiger partial charge in [-0.15, -0.1) is 4.51 Å². The molecule has 0 saturated heterocycles. The van der Waals surface area contributed by atoms with E-state index in [-0.39, 0.29) is 23.3 Å². The van der Waals surface area contributed by atoms with Crippen LogP contribution in [0.25, 0.3) is 10.8 Å². The van der Waals surface area contributed by atoms with Crippen LogP contribution in [-0.4, -0.2) is 47.8 Å². The number of nitrogens with two attached hydrogens (primary N) is 1. The standard InChI is InChI=1S/C18H22ClN5O4S/c19-23-18(20)22-16-9-21-8-13-7-14(5-6-15(13)16)29(27,28)24(11-17(25)26)10-12-3-1-2-4-12/h5-9,12H,1-4,10-11H2,(H,25,26)(H3,20,22,23). The minimum absolute atomic E-state index is 0.0159. The van der Waals surface area contributed by atoms with Crippen LogP contribution in [0.2, 0.25) is 0 Å². The Kier molecular flexibility index (Phi) is 6.56. The molecule has 1 saturated carbocycles. The number of pyridine rings is 1. The number of nitrogens with one attached hydrogen (secondary N) is 1. The largest absolute Gasteiger partial charge is 0.480 e. The molecule has 0 aliphatic heterocycles. The monoisotopic (exact) mass is 439 g/mol. The van der Waals surface area contributed by atoms with Gasteiger partial charge in [-0.25, -0.2) is 8.42 Å². The molecule has 156 valence electrons. The van der Waals surface area contributed by atoms with Crippen LogP contribution in [-0.2, 0) is 14.8 Å². The molecule has 2 aromatic rings. The lowest BCUT2D eigenvalue weighted by molar-refractivity contribution is -0.137. The molecule has 0 unspecified atom stereocenters. The zero-order valence-electron chi connectivity index (χ0n) is 15.6. The first kappa shape index (κ1) is 21.3. The molecular weight excluding hydrogens is 418 g/mol.